The molecule has 0 amide bonds. The van der Waals surface area contributed by atoms with Gasteiger partial charge in [-0.3, -0.25) is 4.79 Å². The largest absolute Gasteiger partial charge is 0.340 e. The van der Waals surface area contributed by atoms with E-state index >= 15 is 0 Å². The zero-order chi connectivity index (χ0) is 23.5. The molecule has 0 spiro atoms. The predicted molar refractivity (Wildman–Crippen MR) is 133 cm³/mol. The molecule has 0 fully saturated rings. The van der Waals surface area contributed by atoms with Crippen molar-refractivity contribution in [3.8, 4) is 0 Å². The Bertz CT molecular complexity index is 1400. The lowest BCUT2D eigenvalue weighted by Gasteiger charge is -2.08. The Morgan fingerprint density at radius 3 is 2.18 bits per heavy atom. The van der Waals surface area contributed by atoms with Gasteiger partial charge in [0.25, 0.3) is 0 Å². The second-order valence-corrected chi connectivity index (χ2v) is 8.37. The zero-order valence-electron chi connectivity index (χ0n) is 19.5. The van der Waals surface area contributed by atoms with Crippen LogP contribution in [0.15, 0.2) is 65.8 Å². The highest BCUT2D eigenvalue weighted by Crippen LogP contribution is 2.32. The third-order valence-corrected chi connectivity index (χ3v) is 5.98. The lowest BCUT2D eigenvalue weighted by molar-refractivity contribution is -0.140. The van der Waals surface area contributed by atoms with Crippen LogP contribution < -0.4 is 0 Å². The maximum Gasteiger partial charge on any atom is 0.331 e. The van der Waals surface area contributed by atoms with Gasteiger partial charge in [0.2, 0.25) is 0 Å². The Labute approximate surface area is 193 Å². The van der Waals surface area contributed by atoms with Gasteiger partial charge in [0.1, 0.15) is 0 Å². The average Bonchev–Trinajstić information content (AvgIpc) is 3.13. The summed E-state index contributed by atoms with van der Waals surface area (Å²) in [5.41, 5.74) is 6.06. The molecule has 0 aliphatic rings. The van der Waals surface area contributed by atoms with E-state index in [1.807, 2.05) is 56.3 Å². The third kappa shape index (κ3) is 4.44. The van der Waals surface area contributed by atoms with Crippen molar-refractivity contribution in [1.29, 1.82) is 0 Å². The first kappa shape index (κ1) is 22.5. The van der Waals surface area contributed by atoms with Gasteiger partial charge in [0, 0.05) is 46.4 Å². The van der Waals surface area contributed by atoms with Gasteiger partial charge < -0.3 is 9.40 Å². The van der Waals surface area contributed by atoms with Gasteiger partial charge in [0.15, 0.2) is 5.78 Å². The number of oxime groups is 1. The van der Waals surface area contributed by atoms with Crippen LogP contribution in [0, 0.1) is 6.92 Å². The molecule has 3 aromatic carbocycles. The van der Waals surface area contributed by atoms with Gasteiger partial charge in [-0.15, -0.1) is 0 Å². The molecule has 0 radical (unpaired) electrons. The molecule has 1 aromatic heterocycles. The molecule has 33 heavy (non-hydrogen) atoms. The average molecular weight is 441 g/mol. The molecule has 0 aliphatic heterocycles. The second-order valence-electron chi connectivity index (χ2n) is 8.37. The zero-order valence-corrected chi connectivity index (χ0v) is 19.5. The Hall–Kier alpha value is -3.73. The molecule has 0 atom stereocenters. The number of unbranched alkanes of at least 4 members (excludes halogenated alkanes) is 1. The SMILES string of the molecule is CCCCn1c2ccc(C(=O)c3ccccc3C)cc2c2cc(C(C)=NOC(C)=O)ccc21. The summed E-state index contributed by atoms with van der Waals surface area (Å²) in [6, 6.07) is 19.8. The van der Waals surface area contributed by atoms with Gasteiger partial charge in [-0.25, -0.2) is 4.79 Å². The number of rotatable bonds is 7. The van der Waals surface area contributed by atoms with Crippen molar-refractivity contribution >= 4 is 39.3 Å². The van der Waals surface area contributed by atoms with E-state index in [2.05, 4.69) is 34.8 Å². The standard InChI is InChI=1S/C28H28N2O3/c1-5-6-15-30-26-13-11-21(19(3)29-33-20(4)31)16-24(26)25-17-22(12-14-27(25)30)28(32)23-10-8-7-9-18(23)2/h7-14,16-17H,5-6,15H2,1-4H3. The minimum atomic E-state index is -0.453. The maximum absolute atomic E-state index is 13.3. The minimum Gasteiger partial charge on any atom is -0.340 e. The fourth-order valence-electron chi connectivity index (χ4n) is 4.20. The smallest absolute Gasteiger partial charge is 0.331 e. The Balaban J connectivity index is 1.89. The third-order valence-electron chi connectivity index (χ3n) is 5.98. The van der Waals surface area contributed by atoms with Crippen LogP contribution >= 0.6 is 0 Å². The Morgan fingerprint density at radius 2 is 1.55 bits per heavy atom. The fraction of sp³-hybridized carbons (Fsp3) is 0.250. The van der Waals surface area contributed by atoms with Gasteiger partial charge in [0.05, 0.1) is 5.71 Å². The lowest BCUT2D eigenvalue weighted by atomic mass is 9.97. The highest BCUT2D eigenvalue weighted by molar-refractivity contribution is 6.16. The van der Waals surface area contributed by atoms with Crippen molar-refractivity contribution in [2.45, 2.75) is 47.1 Å². The van der Waals surface area contributed by atoms with Crippen LogP contribution in [0.3, 0.4) is 0 Å². The van der Waals surface area contributed by atoms with Crippen molar-refractivity contribution in [2.75, 3.05) is 0 Å². The summed E-state index contributed by atoms with van der Waals surface area (Å²) in [4.78, 5) is 29.2. The molecule has 0 bridgehead atoms. The molecule has 0 saturated heterocycles. The molecule has 0 N–H and O–H groups in total. The van der Waals surface area contributed by atoms with Crippen molar-refractivity contribution in [3.05, 3.63) is 82.9 Å². The van der Waals surface area contributed by atoms with Crippen LogP contribution in [0.1, 0.15) is 60.7 Å². The normalized spacial score (nSPS) is 11.8. The van der Waals surface area contributed by atoms with E-state index in [1.165, 1.54) is 6.92 Å². The highest BCUT2D eigenvalue weighted by atomic mass is 16.7. The number of fused-ring (bicyclic) bond motifs is 3. The minimum absolute atomic E-state index is 0.0215. The number of hydrogen-bond donors (Lipinski definition) is 0. The van der Waals surface area contributed by atoms with Gasteiger partial charge in [-0.05, 0) is 61.7 Å². The first-order valence-corrected chi connectivity index (χ1v) is 11.3. The summed E-state index contributed by atoms with van der Waals surface area (Å²) in [5.74, 6) is -0.431. The number of nitrogens with zero attached hydrogens (tertiary/aromatic N) is 2. The number of benzene rings is 3. The molecule has 5 heteroatoms. The van der Waals surface area contributed by atoms with Crippen LogP contribution in [-0.2, 0) is 16.2 Å². The van der Waals surface area contributed by atoms with Crippen LogP contribution in [0.2, 0.25) is 0 Å². The first-order valence-electron chi connectivity index (χ1n) is 11.3. The Morgan fingerprint density at radius 1 is 0.909 bits per heavy atom. The van der Waals surface area contributed by atoms with E-state index in [-0.39, 0.29) is 5.78 Å². The monoisotopic (exact) mass is 440 g/mol. The number of ketones is 1. The molecule has 0 saturated carbocycles. The molecular formula is C28H28N2O3. The quantitative estimate of drug-likeness (QED) is 0.144. The highest BCUT2D eigenvalue weighted by Gasteiger charge is 2.16. The van der Waals surface area contributed by atoms with Gasteiger partial charge >= 0.3 is 5.97 Å². The molecule has 4 rings (SSSR count). The Kier molecular flexibility index (Phi) is 6.40. The second kappa shape index (κ2) is 9.41. The number of aromatic nitrogens is 1. The van der Waals surface area contributed by atoms with Gasteiger partial charge in [-0.2, -0.15) is 0 Å². The summed E-state index contributed by atoms with van der Waals surface area (Å²) < 4.78 is 2.32. The van der Waals surface area contributed by atoms with E-state index in [4.69, 9.17) is 4.84 Å². The number of carbonyl (C=O) groups excluding carboxylic acids is 2. The molecule has 0 aliphatic carbocycles. The topological polar surface area (TPSA) is 60.7 Å². The molecule has 1 heterocycles. The summed E-state index contributed by atoms with van der Waals surface area (Å²) in [6.45, 7) is 8.18. The van der Waals surface area contributed by atoms with E-state index in [9.17, 15) is 9.59 Å². The van der Waals surface area contributed by atoms with Crippen LogP contribution in [0.4, 0.5) is 0 Å². The first-order chi connectivity index (χ1) is 15.9. The van der Waals surface area contributed by atoms with E-state index in [0.717, 1.165) is 57.9 Å². The van der Waals surface area contributed by atoms with Gasteiger partial charge in [-0.1, -0.05) is 48.8 Å². The molecule has 5 nitrogen and oxygen atoms in total. The number of aryl methyl sites for hydroxylation is 2. The predicted octanol–water partition coefficient (Wildman–Crippen LogP) is 6.42. The van der Waals surface area contributed by atoms with Crippen molar-refractivity contribution in [2.24, 2.45) is 5.16 Å². The van der Waals surface area contributed by atoms with Crippen molar-refractivity contribution in [3.63, 3.8) is 0 Å². The van der Waals surface area contributed by atoms with Crippen LogP contribution in [0.25, 0.3) is 21.8 Å². The lowest BCUT2D eigenvalue weighted by Crippen LogP contribution is -2.03. The molecule has 168 valence electrons. The summed E-state index contributed by atoms with van der Waals surface area (Å²) in [6.07, 6.45) is 2.16. The number of hydrogen-bond acceptors (Lipinski definition) is 4. The van der Waals surface area contributed by atoms with Crippen LogP contribution in [-0.4, -0.2) is 22.0 Å². The number of carbonyl (C=O) groups is 2. The van der Waals surface area contributed by atoms with Crippen molar-refractivity contribution in [1.82, 2.24) is 4.57 Å². The summed E-state index contributed by atoms with van der Waals surface area (Å²) >= 11 is 0. The summed E-state index contributed by atoms with van der Waals surface area (Å²) in [7, 11) is 0. The van der Waals surface area contributed by atoms with Crippen LogP contribution in [0.5, 0.6) is 0 Å². The van der Waals surface area contributed by atoms with Crippen molar-refractivity contribution < 1.29 is 14.4 Å². The molecule has 4 aromatic rings. The maximum atomic E-state index is 13.3. The molecule has 0 unspecified atom stereocenters. The van der Waals surface area contributed by atoms with E-state index < -0.39 is 5.97 Å². The summed E-state index contributed by atoms with van der Waals surface area (Å²) in [5, 5.41) is 6.02. The fourth-order valence-corrected chi connectivity index (χ4v) is 4.20. The molecular weight excluding hydrogens is 412 g/mol. The van der Waals surface area contributed by atoms with E-state index in [0.29, 0.717) is 11.3 Å². The van der Waals surface area contributed by atoms with E-state index in [1.54, 1.807) is 0 Å².